The van der Waals surface area contributed by atoms with Crippen molar-refractivity contribution in [3.63, 3.8) is 0 Å². The van der Waals surface area contributed by atoms with Crippen molar-refractivity contribution < 1.29 is 14.3 Å². The van der Waals surface area contributed by atoms with Crippen LogP contribution in [0.3, 0.4) is 0 Å². The average Bonchev–Trinajstić information content (AvgIpc) is 3.03. The van der Waals surface area contributed by atoms with Gasteiger partial charge in [0.25, 0.3) is 11.1 Å². The standard InChI is InChI=1S/C27H31NO3S/c1-7-31-22-13-17(14-23-24(29)28-25(30)32-23)8-9-18(22)19-15-21-20(12-16(19)2)26(3,4)10-11-27(21,5)6/h8-9,12-15H,7,10-11H2,1-6H3,(H,28,29,30). The number of fused-ring (bicyclic) bond motifs is 1. The molecule has 1 N–H and O–H groups in total. The van der Waals surface area contributed by atoms with E-state index in [1.165, 1.54) is 35.1 Å². The first kappa shape index (κ1) is 22.7. The highest BCUT2D eigenvalue weighted by Crippen LogP contribution is 2.48. The molecule has 32 heavy (non-hydrogen) atoms. The van der Waals surface area contributed by atoms with Gasteiger partial charge in [-0.2, -0.15) is 0 Å². The summed E-state index contributed by atoms with van der Waals surface area (Å²) in [5.41, 5.74) is 7.46. The number of thioether (sulfide) groups is 1. The number of benzene rings is 2. The summed E-state index contributed by atoms with van der Waals surface area (Å²) in [6.45, 7) is 14.0. The highest BCUT2D eigenvalue weighted by Gasteiger charge is 2.37. The van der Waals surface area contributed by atoms with E-state index in [-0.39, 0.29) is 22.0 Å². The number of hydrogen-bond donors (Lipinski definition) is 1. The molecule has 0 aromatic heterocycles. The third-order valence-corrected chi connectivity index (χ3v) is 7.54. The fourth-order valence-electron chi connectivity index (χ4n) is 4.71. The molecule has 0 spiro atoms. The molecule has 0 unspecified atom stereocenters. The van der Waals surface area contributed by atoms with Crippen LogP contribution in [0.25, 0.3) is 17.2 Å². The van der Waals surface area contributed by atoms with Gasteiger partial charge in [0.1, 0.15) is 5.75 Å². The molecule has 1 aliphatic heterocycles. The Morgan fingerprint density at radius 1 is 1.00 bits per heavy atom. The Hall–Kier alpha value is -2.53. The highest BCUT2D eigenvalue weighted by molar-refractivity contribution is 8.18. The zero-order valence-electron chi connectivity index (χ0n) is 19.7. The minimum Gasteiger partial charge on any atom is -0.493 e. The van der Waals surface area contributed by atoms with Gasteiger partial charge >= 0.3 is 0 Å². The largest absolute Gasteiger partial charge is 0.493 e. The molecule has 2 amide bonds. The second-order valence-electron chi connectivity index (χ2n) is 10.0. The van der Waals surface area contributed by atoms with Crippen LogP contribution in [0.15, 0.2) is 35.2 Å². The third kappa shape index (κ3) is 4.11. The summed E-state index contributed by atoms with van der Waals surface area (Å²) in [5.74, 6) is 0.435. The Balaban J connectivity index is 1.82. The van der Waals surface area contributed by atoms with Gasteiger partial charge in [-0.25, -0.2) is 0 Å². The Morgan fingerprint density at radius 3 is 2.25 bits per heavy atom. The lowest BCUT2D eigenvalue weighted by Gasteiger charge is -2.42. The van der Waals surface area contributed by atoms with Crippen molar-refractivity contribution in [1.29, 1.82) is 0 Å². The summed E-state index contributed by atoms with van der Waals surface area (Å²) in [4.78, 5) is 23.8. The van der Waals surface area contributed by atoms with Crippen molar-refractivity contribution in [3.8, 4) is 16.9 Å². The molecule has 0 atom stereocenters. The SMILES string of the molecule is CCOc1cc(C=C2SC(=O)NC2=O)ccc1-c1cc2c(cc1C)C(C)(C)CCC2(C)C. The third-order valence-electron chi connectivity index (χ3n) is 6.73. The molecule has 2 aliphatic rings. The van der Waals surface area contributed by atoms with Crippen LogP contribution in [-0.2, 0) is 15.6 Å². The molecule has 1 saturated heterocycles. The summed E-state index contributed by atoms with van der Waals surface area (Å²) in [7, 11) is 0. The molecule has 0 saturated carbocycles. The van der Waals surface area contributed by atoms with Crippen molar-refractivity contribution >= 4 is 29.0 Å². The summed E-state index contributed by atoms with van der Waals surface area (Å²) < 4.78 is 6.03. The monoisotopic (exact) mass is 449 g/mol. The van der Waals surface area contributed by atoms with Crippen LogP contribution in [0.1, 0.15) is 69.7 Å². The molecule has 1 heterocycles. The number of rotatable bonds is 4. The van der Waals surface area contributed by atoms with E-state index in [1.54, 1.807) is 6.08 Å². The average molecular weight is 450 g/mol. The minimum absolute atomic E-state index is 0.128. The van der Waals surface area contributed by atoms with Crippen LogP contribution < -0.4 is 10.1 Å². The normalized spacial score (nSPS) is 20.2. The number of amides is 2. The molecule has 0 radical (unpaired) electrons. The number of ether oxygens (including phenoxy) is 1. The number of imide groups is 1. The van der Waals surface area contributed by atoms with Crippen molar-refractivity contribution in [2.45, 2.75) is 65.2 Å². The molecule has 168 valence electrons. The first-order valence-corrected chi connectivity index (χ1v) is 12.0. The van der Waals surface area contributed by atoms with E-state index in [2.05, 4.69) is 58.1 Å². The van der Waals surface area contributed by atoms with Gasteiger partial charge in [-0.15, -0.1) is 0 Å². The Bertz CT molecular complexity index is 1140. The van der Waals surface area contributed by atoms with E-state index in [0.717, 1.165) is 28.6 Å². The quantitative estimate of drug-likeness (QED) is 0.526. The lowest BCUT2D eigenvalue weighted by Crippen LogP contribution is -2.34. The van der Waals surface area contributed by atoms with E-state index in [9.17, 15) is 9.59 Å². The smallest absolute Gasteiger partial charge is 0.290 e. The second kappa shape index (κ2) is 8.11. The van der Waals surface area contributed by atoms with Crippen LogP contribution in [0.4, 0.5) is 4.79 Å². The Kier molecular flexibility index (Phi) is 5.74. The molecule has 4 nitrogen and oxygen atoms in total. The van der Waals surface area contributed by atoms with Crippen molar-refractivity contribution in [1.82, 2.24) is 5.32 Å². The van der Waals surface area contributed by atoms with Gasteiger partial charge in [-0.1, -0.05) is 45.9 Å². The summed E-state index contributed by atoms with van der Waals surface area (Å²) >= 11 is 0.926. The van der Waals surface area contributed by atoms with Gasteiger partial charge in [0.2, 0.25) is 0 Å². The van der Waals surface area contributed by atoms with Crippen LogP contribution in [0, 0.1) is 6.92 Å². The molecular weight excluding hydrogens is 418 g/mol. The summed E-state index contributed by atoms with van der Waals surface area (Å²) in [6.07, 6.45) is 4.09. The Labute approximate surface area is 194 Å². The van der Waals surface area contributed by atoms with Crippen LogP contribution in [0.2, 0.25) is 0 Å². The minimum atomic E-state index is -0.350. The topological polar surface area (TPSA) is 55.4 Å². The number of nitrogens with one attached hydrogen (secondary N) is 1. The summed E-state index contributed by atoms with van der Waals surface area (Å²) in [6, 6.07) is 10.7. The predicted octanol–water partition coefficient (Wildman–Crippen LogP) is 6.73. The molecular formula is C27H31NO3S. The molecule has 1 fully saturated rings. The number of hydrogen-bond acceptors (Lipinski definition) is 4. The predicted molar refractivity (Wildman–Crippen MR) is 132 cm³/mol. The van der Waals surface area contributed by atoms with Gasteiger partial charge in [0, 0.05) is 5.56 Å². The fourth-order valence-corrected chi connectivity index (χ4v) is 5.39. The fraction of sp³-hybridized carbons (Fsp3) is 0.407. The lowest BCUT2D eigenvalue weighted by atomic mass is 9.62. The van der Waals surface area contributed by atoms with Crippen LogP contribution in [-0.4, -0.2) is 17.8 Å². The van der Waals surface area contributed by atoms with Gasteiger partial charge in [-0.3, -0.25) is 14.9 Å². The zero-order valence-corrected chi connectivity index (χ0v) is 20.5. The number of carbonyl (C=O) groups is 2. The molecule has 4 rings (SSSR count). The van der Waals surface area contributed by atoms with E-state index in [4.69, 9.17) is 4.74 Å². The van der Waals surface area contributed by atoms with Crippen molar-refractivity contribution in [2.75, 3.05) is 6.61 Å². The second-order valence-corrected chi connectivity index (χ2v) is 11.0. The molecule has 0 bridgehead atoms. The van der Waals surface area contributed by atoms with Gasteiger partial charge < -0.3 is 4.74 Å². The van der Waals surface area contributed by atoms with E-state index in [1.807, 2.05) is 19.1 Å². The van der Waals surface area contributed by atoms with Crippen LogP contribution >= 0.6 is 11.8 Å². The molecule has 2 aromatic rings. The van der Waals surface area contributed by atoms with E-state index < -0.39 is 0 Å². The van der Waals surface area contributed by atoms with E-state index >= 15 is 0 Å². The van der Waals surface area contributed by atoms with E-state index in [0.29, 0.717) is 11.5 Å². The van der Waals surface area contributed by atoms with Crippen molar-refractivity contribution in [2.24, 2.45) is 0 Å². The summed E-state index contributed by atoms with van der Waals surface area (Å²) in [5, 5.41) is 1.97. The molecule has 1 aliphatic carbocycles. The zero-order chi connectivity index (χ0) is 23.3. The maximum atomic E-state index is 11.9. The van der Waals surface area contributed by atoms with Gasteiger partial charge in [0.05, 0.1) is 11.5 Å². The maximum absolute atomic E-state index is 11.9. The molecule has 5 heteroatoms. The lowest BCUT2D eigenvalue weighted by molar-refractivity contribution is -0.115. The first-order chi connectivity index (χ1) is 15.0. The Morgan fingerprint density at radius 2 is 1.66 bits per heavy atom. The van der Waals surface area contributed by atoms with Crippen molar-refractivity contribution in [3.05, 3.63) is 57.5 Å². The van der Waals surface area contributed by atoms with Gasteiger partial charge in [-0.05, 0) is 95.3 Å². The van der Waals surface area contributed by atoms with Crippen LogP contribution in [0.5, 0.6) is 5.75 Å². The number of carbonyl (C=O) groups excluding carboxylic acids is 2. The highest BCUT2D eigenvalue weighted by atomic mass is 32.2. The molecule has 2 aromatic carbocycles. The number of aryl methyl sites for hydroxylation is 1. The maximum Gasteiger partial charge on any atom is 0.290 e. The first-order valence-electron chi connectivity index (χ1n) is 11.2. The van der Waals surface area contributed by atoms with Gasteiger partial charge in [0.15, 0.2) is 0 Å².